The van der Waals surface area contributed by atoms with Gasteiger partial charge in [0.15, 0.2) is 5.54 Å². The van der Waals surface area contributed by atoms with E-state index >= 15 is 0 Å². The Morgan fingerprint density at radius 3 is 2.75 bits per heavy atom. The van der Waals surface area contributed by atoms with Crippen LogP contribution in [0.1, 0.15) is 61.6 Å². The Balaban J connectivity index is 1.31. The number of furan rings is 1. The molecule has 188 valence electrons. The number of hydrogen-bond donors (Lipinski definition) is 0. The smallest absolute Gasteiger partial charge is 0.338 e. The van der Waals surface area contributed by atoms with Crippen LogP contribution in [0.5, 0.6) is 0 Å². The van der Waals surface area contributed by atoms with E-state index in [0.29, 0.717) is 25.1 Å². The predicted octanol–water partition coefficient (Wildman–Crippen LogP) is 4.91. The number of benzene rings is 1. The second-order valence-electron chi connectivity index (χ2n) is 11.6. The lowest BCUT2D eigenvalue weighted by molar-refractivity contribution is -0.201. The Bertz CT molecular complexity index is 1250. The van der Waals surface area contributed by atoms with Gasteiger partial charge in [-0.3, -0.25) is 0 Å². The predicted molar refractivity (Wildman–Crippen MR) is 126 cm³/mol. The van der Waals surface area contributed by atoms with Crippen molar-refractivity contribution in [3.8, 4) is 0 Å². The molecule has 2 aliphatic carbocycles. The van der Waals surface area contributed by atoms with Gasteiger partial charge in [-0.2, -0.15) is 10.2 Å². The number of fused-ring (bicyclic) bond motifs is 2. The molecule has 0 radical (unpaired) electrons. The summed E-state index contributed by atoms with van der Waals surface area (Å²) in [6.07, 6.45) is 5.78. The number of cyclic esters (lactones) is 1. The maximum atomic E-state index is 13.5. The minimum atomic E-state index is -1.12. The number of esters is 2. The molecule has 2 aromatic rings. The standard InChI is InChI=1S/C28H30N2O6/c1-25-13-21(18-8-11-33-15-18)36-26(25,2)9-10-27-16-34-24(32)28(27)19(14-29-30-28)20(12-22(25)27)35-23(31)17-6-4-3-5-7-17/h3-8,11,15,19-22H,9-10,12-14,16H2,1-2H3/t19-,20+,21+,22+,25+,26-,27-,28?/m0/s1. The summed E-state index contributed by atoms with van der Waals surface area (Å²) >= 11 is 0. The zero-order valence-electron chi connectivity index (χ0n) is 20.5. The van der Waals surface area contributed by atoms with Crippen LogP contribution in [0.15, 0.2) is 63.6 Å². The van der Waals surface area contributed by atoms with Crippen molar-refractivity contribution in [1.29, 1.82) is 0 Å². The Hall–Kier alpha value is -3.00. The molecule has 36 heavy (non-hydrogen) atoms. The summed E-state index contributed by atoms with van der Waals surface area (Å²) in [5, 5.41) is 9.08. The van der Waals surface area contributed by atoms with Gasteiger partial charge >= 0.3 is 11.9 Å². The lowest BCUT2D eigenvalue weighted by Gasteiger charge is -2.63. The van der Waals surface area contributed by atoms with Crippen LogP contribution in [0.25, 0.3) is 0 Å². The maximum Gasteiger partial charge on any atom is 0.338 e. The average molecular weight is 491 g/mol. The van der Waals surface area contributed by atoms with Crippen molar-refractivity contribution >= 4 is 11.9 Å². The molecule has 4 heterocycles. The molecule has 2 spiro atoms. The fourth-order valence-corrected chi connectivity index (χ4v) is 8.37. The number of carbonyl (C=O) groups is 2. The fourth-order valence-electron chi connectivity index (χ4n) is 8.37. The monoisotopic (exact) mass is 490 g/mol. The van der Waals surface area contributed by atoms with E-state index in [0.717, 1.165) is 24.8 Å². The van der Waals surface area contributed by atoms with Crippen LogP contribution < -0.4 is 0 Å². The van der Waals surface area contributed by atoms with Crippen molar-refractivity contribution in [1.82, 2.24) is 0 Å². The van der Waals surface area contributed by atoms with Gasteiger partial charge in [0.25, 0.3) is 0 Å². The van der Waals surface area contributed by atoms with Crippen LogP contribution >= 0.6 is 0 Å². The molecule has 4 fully saturated rings. The highest BCUT2D eigenvalue weighted by molar-refractivity contribution is 5.90. The molecule has 8 atom stereocenters. The number of rotatable bonds is 3. The molecule has 5 aliphatic rings. The zero-order chi connectivity index (χ0) is 24.8. The third-order valence-electron chi connectivity index (χ3n) is 10.4. The molecule has 0 N–H and O–H groups in total. The summed E-state index contributed by atoms with van der Waals surface area (Å²) in [6, 6.07) is 11.0. The van der Waals surface area contributed by atoms with Crippen LogP contribution in [0.4, 0.5) is 0 Å². The second kappa shape index (κ2) is 7.28. The third-order valence-corrected chi connectivity index (χ3v) is 10.4. The summed E-state index contributed by atoms with van der Waals surface area (Å²) < 4.78 is 24.2. The molecule has 2 saturated carbocycles. The van der Waals surface area contributed by atoms with E-state index < -0.39 is 22.7 Å². The van der Waals surface area contributed by atoms with Gasteiger partial charge in [-0.05, 0) is 56.7 Å². The highest BCUT2D eigenvalue weighted by Crippen LogP contribution is 2.74. The van der Waals surface area contributed by atoms with Crippen molar-refractivity contribution in [3.63, 3.8) is 0 Å². The largest absolute Gasteiger partial charge is 0.472 e. The maximum absolute atomic E-state index is 13.5. The highest BCUT2D eigenvalue weighted by Gasteiger charge is 2.81. The normalized spacial score (nSPS) is 44.3. The SMILES string of the molecule is C[C@]12CC[C@@]34COC(=O)C35N=NC[C@H]5[C@H](OC(=O)c3ccccc3)C[C@@H]4[C@@]1(C)C[C@H](c1ccoc1)O2. The quantitative estimate of drug-likeness (QED) is 0.567. The molecule has 7 rings (SSSR count). The topological polar surface area (TPSA) is 99.7 Å². The van der Waals surface area contributed by atoms with Crippen molar-refractivity contribution in [2.75, 3.05) is 13.2 Å². The molecule has 2 saturated heterocycles. The summed E-state index contributed by atoms with van der Waals surface area (Å²) in [4.78, 5) is 26.7. The molecule has 1 aromatic heterocycles. The Kier molecular flexibility index (Phi) is 4.49. The molecule has 0 bridgehead atoms. The van der Waals surface area contributed by atoms with E-state index in [1.807, 2.05) is 24.3 Å². The summed E-state index contributed by atoms with van der Waals surface area (Å²) in [7, 11) is 0. The Labute approximate surface area is 209 Å². The van der Waals surface area contributed by atoms with Gasteiger partial charge < -0.3 is 18.6 Å². The van der Waals surface area contributed by atoms with E-state index in [2.05, 4.69) is 24.1 Å². The summed E-state index contributed by atoms with van der Waals surface area (Å²) in [5.74, 6) is -1.04. The van der Waals surface area contributed by atoms with Gasteiger partial charge in [-0.25, -0.2) is 9.59 Å². The number of hydrogen-bond acceptors (Lipinski definition) is 8. The van der Waals surface area contributed by atoms with Crippen LogP contribution in [0.2, 0.25) is 0 Å². The molecular formula is C28H30N2O6. The molecule has 8 nitrogen and oxygen atoms in total. The third kappa shape index (κ3) is 2.58. The molecule has 8 heteroatoms. The van der Waals surface area contributed by atoms with Gasteiger partial charge in [-0.15, -0.1) is 0 Å². The van der Waals surface area contributed by atoms with Gasteiger partial charge in [-0.1, -0.05) is 25.1 Å². The summed E-state index contributed by atoms with van der Waals surface area (Å²) in [6.45, 7) is 5.15. The Morgan fingerprint density at radius 2 is 1.97 bits per heavy atom. The van der Waals surface area contributed by atoms with E-state index in [4.69, 9.17) is 18.6 Å². The van der Waals surface area contributed by atoms with Crippen molar-refractivity contribution < 1.29 is 28.2 Å². The van der Waals surface area contributed by atoms with E-state index in [1.54, 1.807) is 24.7 Å². The molecular weight excluding hydrogens is 460 g/mol. The van der Waals surface area contributed by atoms with Crippen LogP contribution in [-0.2, 0) is 19.0 Å². The van der Waals surface area contributed by atoms with Crippen molar-refractivity contribution in [2.24, 2.45) is 32.9 Å². The first-order valence-electron chi connectivity index (χ1n) is 12.8. The highest BCUT2D eigenvalue weighted by atomic mass is 16.6. The van der Waals surface area contributed by atoms with E-state index in [9.17, 15) is 9.59 Å². The minimum Gasteiger partial charge on any atom is -0.472 e. The van der Waals surface area contributed by atoms with Gasteiger partial charge in [0.1, 0.15) is 12.7 Å². The van der Waals surface area contributed by atoms with Crippen LogP contribution in [0, 0.1) is 22.7 Å². The fraction of sp³-hybridized carbons (Fsp3) is 0.571. The molecule has 0 amide bonds. The van der Waals surface area contributed by atoms with E-state index in [-0.39, 0.29) is 35.3 Å². The lowest BCUT2D eigenvalue weighted by Crippen LogP contribution is -2.70. The van der Waals surface area contributed by atoms with Crippen molar-refractivity contribution in [3.05, 3.63) is 60.1 Å². The molecule has 3 aliphatic heterocycles. The van der Waals surface area contributed by atoms with Crippen LogP contribution in [0.3, 0.4) is 0 Å². The second-order valence-corrected chi connectivity index (χ2v) is 11.6. The summed E-state index contributed by atoms with van der Waals surface area (Å²) in [5.41, 5.74) is -0.796. The van der Waals surface area contributed by atoms with Gasteiger partial charge in [0, 0.05) is 16.4 Å². The van der Waals surface area contributed by atoms with Gasteiger partial charge in [0.05, 0.1) is 42.3 Å². The first kappa shape index (κ1) is 22.2. The molecule has 1 aromatic carbocycles. The van der Waals surface area contributed by atoms with Crippen molar-refractivity contribution in [2.45, 2.75) is 62.9 Å². The zero-order valence-corrected chi connectivity index (χ0v) is 20.5. The van der Waals surface area contributed by atoms with E-state index in [1.165, 1.54) is 0 Å². The minimum absolute atomic E-state index is 0.00558. The number of ether oxygens (including phenoxy) is 3. The first-order valence-corrected chi connectivity index (χ1v) is 12.8. The number of carbonyl (C=O) groups excluding carboxylic acids is 2. The van der Waals surface area contributed by atoms with Gasteiger partial charge in [0.2, 0.25) is 0 Å². The molecule has 1 unspecified atom stereocenters. The number of nitrogens with zero attached hydrogens (tertiary/aromatic N) is 2. The average Bonchev–Trinajstić information content (AvgIpc) is 3.66. The first-order chi connectivity index (χ1) is 17.3. The van der Waals surface area contributed by atoms with Crippen LogP contribution in [-0.4, -0.2) is 42.3 Å². The number of azo groups is 1. The Morgan fingerprint density at radius 1 is 1.14 bits per heavy atom. The lowest BCUT2D eigenvalue weighted by atomic mass is 9.40.